The fourth-order valence-corrected chi connectivity index (χ4v) is 2.79. The van der Waals surface area contributed by atoms with E-state index in [0.717, 1.165) is 12.2 Å². The smallest absolute Gasteiger partial charge is 0.271 e. The molecule has 0 spiro atoms. The average molecular weight is 308 g/mol. The minimum absolute atomic E-state index is 0.186. The van der Waals surface area contributed by atoms with E-state index in [9.17, 15) is 4.79 Å². The third-order valence-corrected chi connectivity index (χ3v) is 3.98. The second kappa shape index (κ2) is 5.72. The summed E-state index contributed by atoms with van der Waals surface area (Å²) in [6, 6.07) is 9.82. The zero-order valence-corrected chi connectivity index (χ0v) is 12.5. The molecule has 1 aliphatic heterocycles. The number of fused-ring (bicyclic) bond motifs is 2. The van der Waals surface area contributed by atoms with Gasteiger partial charge >= 0.3 is 0 Å². The van der Waals surface area contributed by atoms with Crippen LogP contribution in [-0.2, 0) is 6.42 Å². The Morgan fingerprint density at radius 2 is 2.26 bits per heavy atom. The van der Waals surface area contributed by atoms with Gasteiger partial charge in [-0.1, -0.05) is 18.2 Å². The molecule has 3 heterocycles. The van der Waals surface area contributed by atoms with Crippen LogP contribution >= 0.6 is 0 Å². The molecule has 1 aliphatic rings. The zero-order valence-electron chi connectivity index (χ0n) is 12.5. The Kier molecular flexibility index (Phi) is 3.42. The van der Waals surface area contributed by atoms with E-state index in [1.165, 1.54) is 5.56 Å². The maximum atomic E-state index is 12.2. The predicted octanol–water partition coefficient (Wildman–Crippen LogP) is 1.71. The molecule has 6 nitrogen and oxygen atoms in total. The molecule has 6 heteroatoms. The number of hydrogen-bond acceptors (Lipinski definition) is 4. The molecule has 4 rings (SSSR count). The second-order valence-corrected chi connectivity index (χ2v) is 5.65. The van der Waals surface area contributed by atoms with Crippen molar-refractivity contribution in [2.75, 3.05) is 13.2 Å². The molecule has 1 aromatic carbocycles. The van der Waals surface area contributed by atoms with E-state index < -0.39 is 0 Å². The highest BCUT2D eigenvalue weighted by Gasteiger charge is 2.20. The van der Waals surface area contributed by atoms with E-state index in [2.05, 4.69) is 21.4 Å². The lowest BCUT2D eigenvalue weighted by atomic mass is 9.97. The summed E-state index contributed by atoms with van der Waals surface area (Å²) in [6.45, 7) is 1.18. The third kappa shape index (κ3) is 2.75. The first-order chi connectivity index (χ1) is 11.3. The van der Waals surface area contributed by atoms with Crippen LogP contribution in [0.5, 0.6) is 5.75 Å². The third-order valence-electron chi connectivity index (χ3n) is 3.98. The van der Waals surface area contributed by atoms with Crippen molar-refractivity contribution in [1.29, 1.82) is 0 Å². The normalized spacial score (nSPS) is 16.6. The molecule has 0 unspecified atom stereocenters. The molecule has 23 heavy (non-hydrogen) atoms. The van der Waals surface area contributed by atoms with E-state index in [1.54, 1.807) is 22.9 Å². The molecule has 0 radical (unpaired) electrons. The Balaban J connectivity index is 1.40. The number of aromatic nitrogens is 3. The van der Waals surface area contributed by atoms with Gasteiger partial charge in [-0.3, -0.25) is 9.20 Å². The Morgan fingerprint density at radius 3 is 3.17 bits per heavy atom. The summed E-state index contributed by atoms with van der Waals surface area (Å²) in [6.07, 6.45) is 6.06. The van der Waals surface area contributed by atoms with Gasteiger partial charge in [0.2, 0.25) is 5.78 Å². The van der Waals surface area contributed by atoms with Crippen LogP contribution in [0.2, 0.25) is 0 Å². The van der Waals surface area contributed by atoms with Gasteiger partial charge in [-0.2, -0.15) is 0 Å². The number of benzene rings is 1. The SMILES string of the molecule is O=C(NC[C@@H]1COc2ccccc2C1)c1cn2cccnc2n1. The fraction of sp³-hybridized carbons (Fsp3) is 0.235. The molecule has 0 fully saturated rings. The zero-order chi connectivity index (χ0) is 15.6. The van der Waals surface area contributed by atoms with Crippen molar-refractivity contribution in [1.82, 2.24) is 19.7 Å². The molecule has 2 aromatic heterocycles. The summed E-state index contributed by atoms with van der Waals surface area (Å²) in [5.41, 5.74) is 1.57. The first-order valence-corrected chi connectivity index (χ1v) is 7.58. The van der Waals surface area contributed by atoms with Crippen molar-refractivity contribution in [3.8, 4) is 5.75 Å². The maximum absolute atomic E-state index is 12.2. The monoisotopic (exact) mass is 308 g/mol. The van der Waals surface area contributed by atoms with Gasteiger partial charge in [0.15, 0.2) is 0 Å². The van der Waals surface area contributed by atoms with Crippen molar-refractivity contribution in [2.45, 2.75) is 6.42 Å². The number of carbonyl (C=O) groups is 1. The molecule has 0 bridgehead atoms. The minimum atomic E-state index is -0.186. The Hall–Kier alpha value is -2.89. The van der Waals surface area contributed by atoms with Gasteiger partial charge in [-0.05, 0) is 24.1 Å². The summed E-state index contributed by atoms with van der Waals surface area (Å²) in [4.78, 5) is 20.6. The van der Waals surface area contributed by atoms with Gasteiger partial charge < -0.3 is 10.1 Å². The predicted molar refractivity (Wildman–Crippen MR) is 84.5 cm³/mol. The molecule has 116 valence electrons. The Bertz CT molecular complexity index is 825. The highest BCUT2D eigenvalue weighted by molar-refractivity contribution is 5.92. The molecule has 1 atom stereocenters. The van der Waals surface area contributed by atoms with Crippen molar-refractivity contribution < 1.29 is 9.53 Å². The summed E-state index contributed by atoms with van der Waals surface area (Å²) in [5, 5.41) is 2.94. The number of imidazole rings is 1. The van der Waals surface area contributed by atoms with Gasteiger partial charge in [0.05, 0.1) is 6.61 Å². The topological polar surface area (TPSA) is 68.5 Å². The van der Waals surface area contributed by atoms with Crippen molar-refractivity contribution in [3.05, 3.63) is 60.2 Å². The van der Waals surface area contributed by atoms with Gasteiger partial charge in [0.1, 0.15) is 11.4 Å². The molecule has 0 aliphatic carbocycles. The number of nitrogens with one attached hydrogen (secondary N) is 1. The highest BCUT2D eigenvalue weighted by atomic mass is 16.5. The molecular formula is C17H16N4O2. The van der Waals surface area contributed by atoms with E-state index in [0.29, 0.717) is 24.6 Å². The van der Waals surface area contributed by atoms with Crippen molar-refractivity contribution >= 4 is 11.7 Å². The van der Waals surface area contributed by atoms with E-state index >= 15 is 0 Å². The Labute approximate surface area is 133 Å². The molecule has 0 saturated heterocycles. The lowest BCUT2D eigenvalue weighted by Gasteiger charge is -2.25. The lowest BCUT2D eigenvalue weighted by Crippen LogP contribution is -2.34. The van der Waals surface area contributed by atoms with Gasteiger partial charge in [0.25, 0.3) is 5.91 Å². The quantitative estimate of drug-likeness (QED) is 0.800. The largest absolute Gasteiger partial charge is 0.493 e. The molecule has 1 N–H and O–H groups in total. The van der Waals surface area contributed by atoms with Crippen LogP contribution in [0, 0.1) is 5.92 Å². The van der Waals surface area contributed by atoms with Crippen LogP contribution in [-0.4, -0.2) is 33.4 Å². The minimum Gasteiger partial charge on any atom is -0.493 e. The number of carbonyl (C=O) groups excluding carboxylic acids is 1. The fourth-order valence-electron chi connectivity index (χ4n) is 2.79. The average Bonchev–Trinajstić information content (AvgIpc) is 3.04. The number of hydrogen-bond donors (Lipinski definition) is 1. The maximum Gasteiger partial charge on any atom is 0.271 e. The molecule has 3 aromatic rings. The summed E-state index contributed by atoms with van der Waals surface area (Å²) in [7, 11) is 0. The van der Waals surface area contributed by atoms with Crippen molar-refractivity contribution in [2.24, 2.45) is 5.92 Å². The second-order valence-electron chi connectivity index (χ2n) is 5.65. The van der Waals surface area contributed by atoms with Crippen LogP contribution < -0.4 is 10.1 Å². The number of rotatable bonds is 3. The van der Waals surface area contributed by atoms with Crippen molar-refractivity contribution in [3.63, 3.8) is 0 Å². The number of nitrogens with zero attached hydrogens (tertiary/aromatic N) is 3. The van der Waals surface area contributed by atoms with Crippen LogP contribution in [0.25, 0.3) is 5.78 Å². The van der Waals surface area contributed by atoms with Gasteiger partial charge in [0, 0.05) is 31.1 Å². The van der Waals surface area contributed by atoms with E-state index in [1.807, 2.05) is 24.4 Å². The summed E-state index contributed by atoms with van der Waals surface area (Å²) in [5.74, 6) is 1.55. The molecule has 0 saturated carbocycles. The summed E-state index contributed by atoms with van der Waals surface area (Å²) >= 11 is 0. The summed E-state index contributed by atoms with van der Waals surface area (Å²) < 4.78 is 7.47. The van der Waals surface area contributed by atoms with Crippen LogP contribution in [0.3, 0.4) is 0 Å². The number of ether oxygens (including phenoxy) is 1. The standard InChI is InChI=1S/C17H16N4O2/c22-16(14-10-21-7-3-6-18-17(21)20-14)19-9-12-8-13-4-1-2-5-15(13)23-11-12/h1-7,10,12H,8-9,11H2,(H,19,22)/t12-/m1/s1. The molecular weight excluding hydrogens is 292 g/mol. The van der Waals surface area contributed by atoms with Gasteiger partial charge in [-0.25, -0.2) is 9.97 Å². The number of para-hydroxylation sites is 1. The lowest BCUT2D eigenvalue weighted by molar-refractivity contribution is 0.0934. The van der Waals surface area contributed by atoms with Crippen LogP contribution in [0.4, 0.5) is 0 Å². The van der Waals surface area contributed by atoms with Crippen LogP contribution in [0.1, 0.15) is 16.1 Å². The van der Waals surface area contributed by atoms with E-state index in [-0.39, 0.29) is 11.8 Å². The number of amides is 1. The first-order valence-electron chi connectivity index (χ1n) is 7.58. The first kappa shape index (κ1) is 13.8. The van der Waals surface area contributed by atoms with E-state index in [4.69, 9.17) is 4.74 Å². The van der Waals surface area contributed by atoms with Crippen LogP contribution in [0.15, 0.2) is 48.9 Å². The Morgan fingerprint density at radius 1 is 1.35 bits per heavy atom. The van der Waals surface area contributed by atoms with Gasteiger partial charge in [-0.15, -0.1) is 0 Å². The highest BCUT2D eigenvalue weighted by Crippen LogP contribution is 2.26. The molecule has 1 amide bonds.